The van der Waals surface area contributed by atoms with Crippen LogP contribution in [0.3, 0.4) is 0 Å². The summed E-state index contributed by atoms with van der Waals surface area (Å²) in [6, 6.07) is 11.0. The fourth-order valence-corrected chi connectivity index (χ4v) is 3.80. The standard InChI is InChI=1S/C22H24N4O3/c1-2-28-18-11-5-4-10-17(18)20(27)25-22(12-6-3-7-13-22)21-24-19(26-29-21)16-9-8-14-23-15-16/h4-5,8-11,14-15H,2-3,6-7,12-13H2,1H3,(H,25,27). The number of aromatic nitrogens is 3. The largest absolute Gasteiger partial charge is 0.493 e. The third-order valence-electron chi connectivity index (χ3n) is 5.25. The minimum absolute atomic E-state index is 0.197. The second-order valence-corrected chi connectivity index (χ2v) is 7.19. The zero-order valence-corrected chi connectivity index (χ0v) is 16.4. The van der Waals surface area contributed by atoms with Crippen molar-refractivity contribution in [2.24, 2.45) is 0 Å². The molecule has 1 saturated carbocycles. The van der Waals surface area contributed by atoms with Crippen LogP contribution >= 0.6 is 0 Å². The summed E-state index contributed by atoms with van der Waals surface area (Å²) in [6.07, 6.45) is 7.99. The third kappa shape index (κ3) is 3.99. The normalized spacial score (nSPS) is 15.6. The van der Waals surface area contributed by atoms with Crippen molar-refractivity contribution in [2.45, 2.75) is 44.6 Å². The molecular formula is C22H24N4O3. The Kier molecular flexibility index (Phi) is 5.55. The summed E-state index contributed by atoms with van der Waals surface area (Å²) in [5.74, 6) is 1.29. The van der Waals surface area contributed by atoms with Gasteiger partial charge < -0.3 is 14.6 Å². The highest BCUT2D eigenvalue weighted by atomic mass is 16.5. The fourth-order valence-electron chi connectivity index (χ4n) is 3.80. The van der Waals surface area contributed by atoms with Crippen LogP contribution in [0.15, 0.2) is 53.3 Å². The molecule has 0 bridgehead atoms. The van der Waals surface area contributed by atoms with Gasteiger partial charge in [0.1, 0.15) is 11.3 Å². The molecule has 0 saturated heterocycles. The van der Waals surface area contributed by atoms with E-state index in [2.05, 4.69) is 20.4 Å². The molecule has 1 aliphatic carbocycles. The maximum Gasteiger partial charge on any atom is 0.255 e. The van der Waals surface area contributed by atoms with Crippen LogP contribution in [0, 0.1) is 0 Å². The molecule has 29 heavy (non-hydrogen) atoms. The maximum absolute atomic E-state index is 13.2. The molecular weight excluding hydrogens is 368 g/mol. The molecule has 0 spiro atoms. The van der Waals surface area contributed by atoms with E-state index in [9.17, 15) is 4.79 Å². The minimum Gasteiger partial charge on any atom is -0.493 e. The molecule has 1 fully saturated rings. The van der Waals surface area contributed by atoms with Gasteiger partial charge in [0, 0.05) is 18.0 Å². The van der Waals surface area contributed by atoms with Crippen LogP contribution in [0.2, 0.25) is 0 Å². The summed E-state index contributed by atoms with van der Waals surface area (Å²) < 4.78 is 11.3. The average Bonchev–Trinajstić information content (AvgIpc) is 3.27. The van der Waals surface area contributed by atoms with Gasteiger partial charge >= 0.3 is 0 Å². The molecule has 0 radical (unpaired) electrons. The predicted octanol–water partition coefficient (Wildman–Crippen LogP) is 4.12. The minimum atomic E-state index is -0.678. The second-order valence-electron chi connectivity index (χ2n) is 7.19. The number of para-hydroxylation sites is 1. The summed E-state index contributed by atoms with van der Waals surface area (Å²) in [4.78, 5) is 21.9. The molecule has 1 amide bonds. The number of ether oxygens (including phenoxy) is 1. The summed E-state index contributed by atoms with van der Waals surface area (Å²) in [5, 5.41) is 7.33. The number of carbonyl (C=O) groups excluding carboxylic acids is 1. The molecule has 0 aliphatic heterocycles. The molecule has 4 rings (SSSR count). The number of carbonyl (C=O) groups is 1. The van der Waals surface area contributed by atoms with Crippen molar-refractivity contribution in [3.63, 3.8) is 0 Å². The van der Waals surface area contributed by atoms with Gasteiger partial charge in [-0.25, -0.2) is 0 Å². The first-order chi connectivity index (χ1) is 14.2. The number of amides is 1. The van der Waals surface area contributed by atoms with Gasteiger partial charge in [-0.1, -0.05) is 36.6 Å². The van der Waals surface area contributed by atoms with Crippen molar-refractivity contribution >= 4 is 5.91 Å². The number of nitrogens with one attached hydrogen (secondary N) is 1. The Labute approximate surface area is 169 Å². The first kappa shape index (κ1) is 19.1. The Hall–Kier alpha value is -3.22. The number of hydrogen-bond donors (Lipinski definition) is 1. The molecule has 7 nitrogen and oxygen atoms in total. The van der Waals surface area contributed by atoms with Crippen molar-refractivity contribution in [3.8, 4) is 17.1 Å². The number of benzene rings is 1. The number of nitrogens with zero attached hydrogens (tertiary/aromatic N) is 3. The first-order valence-corrected chi connectivity index (χ1v) is 10.0. The van der Waals surface area contributed by atoms with Crippen LogP contribution in [0.4, 0.5) is 0 Å². The molecule has 7 heteroatoms. The predicted molar refractivity (Wildman–Crippen MR) is 107 cm³/mol. The Morgan fingerprint density at radius 2 is 2.00 bits per heavy atom. The summed E-state index contributed by atoms with van der Waals surface area (Å²) in [6.45, 7) is 2.39. The van der Waals surface area contributed by atoms with Crippen LogP contribution in [0.1, 0.15) is 55.3 Å². The van der Waals surface area contributed by atoms with E-state index in [1.54, 1.807) is 24.5 Å². The molecule has 3 aromatic rings. The van der Waals surface area contributed by atoms with E-state index in [1.165, 1.54) is 0 Å². The molecule has 2 heterocycles. The molecule has 150 valence electrons. The van der Waals surface area contributed by atoms with Gasteiger partial charge in [0.05, 0.1) is 12.2 Å². The lowest BCUT2D eigenvalue weighted by Crippen LogP contribution is -2.47. The molecule has 0 atom stereocenters. The van der Waals surface area contributed by atoms with Gasteiger partial charge in [0.2, 0.25) is 5.82 Å². The summed E-state index contributed by atoms with van der Waals surface area (Å²) >= 11 is 0. The zero-order valence-electron chi connectivity index (χ0n) is 16.4. The van der Waals surface area contributed by atoms with Gasteiger partial charge in [-0.05, 0) is 44.0 Å². The third-order valence-corrected chi connectivity index (χ3v) is 5.25. The van der Waals surface area contributed by atoms with Crippen molar-refractivity contribution in [1.82, 2.24) is 20.4 Å². The van der Waals surface area contributed by atoms with Gasteiger partial charge in [-0.15, -0.1) is 0 Å². The summed E-state index contributed by atoms with van der Waals surface area (Å²) in [5.41, 5.74) is 0.607. The van der Waals surface area contributed by atoms with Gasteiger partial charge in [0.15, 0.2) is 0 Å². The molecule has 1 aromatic carbocycles. The lowest BCUT2D eigenvalue weighted by molar-refractivity contribution is 0.0821. The van der Waals surface area contributed by atoms with E-state index in [0.29, 0.717) is 29.6 Å². The average molecular weight is 392 g/mol. The Morgan fingerprint density at radius 1 is 1.17 bits per heavy atom. The fraction of sp³-hybridized carbons (Fsp3) is 0.364. The van der Waals surface area contributed by atoms with E-state index in [4.69, 9.17) is 9.26 Å². The molecule has 1 N–H and O–H groups in total. The van der Waals surface area contributed by atoms with E-state index < -0.39 is 5.54 Å². The van der Waals surface area contributed by atoms with Crippen molar-refractivity contribution < 1.29 is 14.1 Å². The highest BCUT2D eigenvalue weighted by Gasteiger charge is 2.41. The monoisotopic (exact) mass is 392 g/mol. The van der Waals surface area contributed by atoms with Crippen LogP contribution in [0.25, 0.3) is 11.4 Å². The quantitative estimate of drug-likeness (QED) is 0.679. The maximum atomic E-state index is 13.2. The Balaban J connectivity index is 1.65. The van der Waals surface area contributed by atoms with E-state index in [0.717, 1.165) is 37.7 Å². The second kappa shape index (κ2) is 8.43. The van der Waals surface area contributed by atoms with Crippen LogP contribution in [0.5, 0.6) is 5.75 Å². The van der Waals surface area contributed by atoms with Crippen molar-refractivity contribution in [2.75, 3.05) is 6.61 Å². The summed E-state index contributed by atoms with van der Waals surface area (Å²) in [7, 11) is 0. The zero-order chi connectivity index (χ0) is 20.1. The van der Waals surface area contributed by atoms with E-state index >= 15 is 0 Å². The van der Waals surface area contributed by atoms with Gasteiger partial charge in [-0.3, -0.25) is 9.78 Å². The smallest absolute Gasteiger partial charge is 0.255 e. The van der Waals surface area contributed by atoms with Crippen LogP contribution in [-0.2, 0) is 5.54 Å². The lowest BCUT2D eigenvalue weighted by Gasteiger charge is -2.34. The van der Waals surface area contributed by atoms with Crippen molar-refractivity contribution in [1.29, 1.82) is 0 Å². The SMILES string of the molecule is CCOc1ccccc1C(=O)NC1(c2nc(-c3cccnc3)no2)CCCCC1. The molecule has 0 unspecified atom stereocenters. The van der Waals surface area contributed by atoms with Gasteiger partial charge in [-0.2, -0.15) is 4.98 Å². The van der Waals surface area contributed by atoms with E-state index in [1.807, 2.05) is 31.2 Å². The van der Waals surface area contributed by atoms with Gasteiger partial charge in [0.25, 0.3) is 11.8 Å². The highest BCUT2D eigenvalue weighted by Crippen LogP contribution is 2.37. The molecule has 1 aliphatic rings. The molecule has 2 aromatic heterocycles. The van der Waals surface area contributed by atoms with E-state index in [-0.39, 0.29) is 5.91 Å². The number of pyridine rings is 1. The Morgan fingerprint density at radius 3 is 2.76 bits per heavy atom. The Bertz CT molecular complexity index is 965. The van der Waals surface area contributed by atoms with Crippen LogP contribution in [-0.4, -0.2) is 27.6 Å². The van der Waals surface area contributed by atoms with Crippen LogP contribution < -0.4 is 10.1 Å². The topological polar surface area (TPSA) is 90.1 Å². The van der Waals surface area contributed by atoms with Crippen molar-refractivity contribution in [3.05, 3.63) is 60.2 Å². The number of hydrogen-bond acceptors (Lipinski definition) is 6. The first-order valence-electron chi connectivity index (χ1n) is 10.0. The lowest BCUT2D eigenvalue weighted by atomic mass is 9.81. The number of rotatable bonds is 6. The highest BCUT2D eigenvalue weighted by molar-refractivity contribution is 5.97.